The first-order valence-electron chi connectivity index (χ1n) is 3.27. The van der Waals surface area contributed by atoms with Crippen LogP contribution < -0.4 is 10.6 Å². The minimum atomic E-state index is 0. The smallest absolute Gasteiger partial charge is 0.216 e. The van der Waals surface area contributed by atoms with Gasteiger partial charge in [-0.15, -0.1) is 24.8 Å². The van der Waals surface area contributed by atoms with E-state index in [-0.39, 0.29) is 30.7 Å². The Morgan fingerprint density at radius 3 is 2.45 bits per heavy atom. The SMILES string of the molecule is CC(=O)NCC1CCN1.Cl.Cl. The fraction of sp³-hybridized carbons (Fsp3) is 0.833. The van der Waals surface area contributed by atoms with Gasteiger partial charge >= 0.3 is 0 Å². The number of amides is 1. The van der Waals surface area contributed by atoms with Gasteiger partial charge in [0.15, 0.2) is 0 Å². The molecule has 0 radical (unpaired) electrons. The molecule has 1 atom stereocenters. The average molecular weight is 201 g/mol. The first-order chi connectivity index (χ1) is 4.29. The van der Waals surface area contributed by atoms with Crippen LogP contribution in [0.25, 0.3) is 0 Å². The quantitative estimate of drug-likeness (QED) is 0.675. The van der Waals surface area contributed by atoms with Crippen molar-refractivity contribution in [2.45, 2.75) is 19.4 Å². The van der Waals surface area contributed by atoms with Gasteiger partial charge in [-0.3, -0.25) is 4.79 Å². The van der Waals surface area contributed by atoms with Crippen LogP contribution in [0.2, 0.25) is 0 Å². The number of halogens is 2. The van der Waals surface area contributed by atoms with Crippen molar-refractivity contribution in [3.05, 3.63) is 0 Å². The Morgan fingerprint density at radius 1 is 1.64 bits per heavy atom. The van der Waals surface area contributed by atoms with E-state index in [1.165, 1.54) is 6.42 Å². The maximum atomic E-state index is 10.3. The molecule has 0 aromatic heterocycles. The van der Waals surface area contributed by atoms with Crippen molar-refractivity contribution in [2.75, 3.05) is 13.1 Å². The van der Waals surface area contributed by atoms with Crippen molar-refractivity contribution in [1.29, 1.82) is 0 Å². The summed E-state index contributed by atoms with van der Waals surface area (Å²) in [5.74, 6) is 0.0590. The monoisotopic (exact) mass is 200 g/mol. The lowest BCUT2D eigenvalue weighted by molar-refractivity contribution is -0.119. The second-order valence-corrected chi connectivity index (χ2v) is 2.38. The molecular formula is C6H14Cl2N2O. The van der Waals surface area contributed by atoms with Crippen LogP contribution in [0.1, 0.15) is 13.3 Å². The summed E-state index contributed by atoms with van der Waals surface area (Å²) in [5, 5.41) is 5.93. The zero-order valence-electron chi connectivity index (χ0n) is 6.42. The van der Waals surface area contributed by atoms with Crippen molar-refractivity contribution in [3.63, 3.8) is 0 Å². The van der Waals surface area contributed by atoms with Gasteiger partial charge in [-0.2, -0.15) is 0 Å². The molecule has 0 bridgehead atoms. The molecule has 1 rings (SSSR count). The molecule has 1 aliphatic rings. The average Bonchev–Trinajstić information content (AvgIpc) is 1.60. The van der Waals surface area contributed by atoms with E-state index in [1.807, 2.05) is 0 Å². The molecule has 2 N–H and O–H groups in total. The lowest BCUT2D eigenvalue weighted by Crippen LogP contribution is -2.49. The molecule has 5 heteroatoms. The van der Waals surface area contributed by atoms with Gasteiger partial charge in [0.1, 0.15) is 0 Å². The van der Waals surface area contributed by atoms with Crippen LogP contribution >= 0.6 is 24.8 Å². The van der Waals surface area contributed by atoms with Crippen LogP contribution in [-0.2, 0) is 4.79 Å². The summed E-state index contributed by atoms with van der Waals surface area (Å²) >= 11 is 0. The third-order valence-corrected chi connectivity index (χ3v) is 1.52. The molecule has 0 aromatic carbocycles. The minimum Gasteiger partial charge on any atom is -0.355 e. The molecule has 0 aliphatic carbocycles. The highest BCUT2D eigenvalue weighted by Crippen LogP contribution is 1.98. The number of hydrogen-bond acceptors (Lipinski definition) is 2. The third kappa shape index (κ3) is 5.30. The van der Waals surface area contributed by atoms with E-state index in [4.69, 9.17) is 0 Å². The Labute approximate surface area is 79.1 Å². The predicted octanol–water partition coefficient (Wildman–Crippen LogP) is 0.328. The number of rotatable bonds is 2. The number of carbonyl (C=O) groups is 1. The zero-order valence-corrected chi connectivity index (χ0v) is 8.06. The highest BCUT2D eigenvalue weighted by Gasteiger charge is 2.15. The molecule has 68 valence electrons. The second kappa shape index (κ2) is 6.70. The van der Waals surface area contributed by atoms with E-state index in [1.54, 1.807) is 6.92 Å². The Bertz CT molecular complexity index is 117. The summed E-state index contributed by atoms with van der Waals surface area (Å²) in [6.07, 6.45) is 1.19. The Kier molecular flexibility index (Phi) is 8.28. The minimum absolute atomic E-state index is 0. The summed E-state index contributed by atoms with van der Waals surface area (Å²) in [6.45, 7) is 3.43. The van der Waals surface area contributed by atoms with E-state index in [9.17, 15) is 4.79 Å². The first kappa shape index (κ1) is 13.6. The Balaban J connectivity index is 0. The molecule has 1 aliphatic heterocycles. The molecule has 0 aromatic rings. The summed E-state index contributed by atoms with van der Waals surface area (Å²) in [6, 6.07) is 0.536. The highest BCUT2D eigenvalue weighted by molar-refractivity contribution is 5.85. The van der Waals surface area contributed by atoms with Gasteiger partial charge < -0.3 is 10.6 Å². The van der Waals surface area contributed by atoms with Crippen LogP contribution in [0, 0.1) is 0 Å². The van der Waals surface area contributed by atoms with Crippen molar-refractivity contribution in [2.24, 2.45) is 0 Å². The molecule has 1 unspecified atom stereocenters. The highest BCUT2D eigenvalue weighted by atomic mass is 35.5. The zero-order chi connectivity index (χ0) is 6.69. The van der Waals surface area contributed by atoms with Gasteiger partial charge in [-0.05, 0) is 13.0 Å². The van der Waals surface area contributed by atoms with E-state index >= 15 is 0 Å². The lowest BCUT2D eigenvalue weighted by atomic mass is 10.1. The van der Waals surface area contributed by atoms with Gasteiger partial charge in [-0.1, -0.05) is 0 Å². The first-order valence-corrected chi connectivity index (χ1v) is 3.27. The Hall–Kier alpha value is 0.01000. The molecule has 11 heavy (non-hydrogen) atoms. The maximum absolute atomic E-state index is 10.3. The molecule has 1 heterocycles. The van der Waals surface area contributed by atoms with Gasteiger partial charge in [0.2, 0.25) is 5.91 Å². The predicted molar refractivity (Wildman–Crippen MR) is 49.6 cm³/mol. The molecular weight excluding hydrogens is 187 g/mol. The van der Waals surface area contributed by atoms with Crippen LogP contribution in [0.3, 0.4) is 0 Å². The number of carbonyl (C=O) groups excluding carboxylic acids is 1. The van der Waals surface area contributed by atoms with E-state index in [0.717, 1.165) is 13.1 Å². The molecule has 0 saturated carbocycles. The van der Waals surface area contributed by atoms with Crippen LogP contribution in [0.4, 0.5) is 0 Å². The van der Waals surface area contributed by atoms with Crippen LogP contribution in [-0.4, -0.2) is 25.0 Å². The van der Waals surface area contributed by atoms with Crippen LogP contribution in [0.5, 0.6) is 0 Å². The summed E-state index contributed by atoms with van der Waals surface area (Å²) in [7, 11) is 0. The molecule has 3 nitrogen and oxygen atoms in total. The van der Waals surface area contributed by atoms with E-state index < -0.39 is 0 Å². The lowest BCUT2D eigenvalue weighted by Gasteiger charge is -2.27. The third-order valence-electron chi connectivity index (χ3n) is 1.52. The summed E-state index contributed by atoms with van der Waals surface area (Å²) in [5.41, 5.74) is 0. The standard InChI is InChI=1S/C6H12N2O.2ClH/c1-5(9)8-4-6-2-3-7-6;;/h6-7H,2-4H2,1H3,(H,8,9);2*1H. The van der Waals surface area contributed by atoms with Crippen LogP contribution in [0.15, 0.2) is 0 Å². The van der Waals surface area contributed by atoms with Crippen molar-refractivity contribution in [1.82, 2.24) is 10.6 Å². The van der Waals surface area contributed by atoms with Gasteiger partial charge in [-0.25, -0.2) is 0 Å². The van der Waals surface area contributed by atoms with Gasteiger partial charge in [0, 0.05) is 19.5 Å². The Morgan fingerprint density at radius 2 is 2.18 bits per heavy atom. The fourth-order valence-corrected chi connectivity index (χ4v) is 0.790. The topological polar surface area (TPSA) is 41.1 Å². The molecule has 1 saturated heterocycles. The largest absolute Gasteiger partial charge is 0.355 e. The summed E-state index contributed by atoms with van der Waals surface area (Å²) < 4.78 is 0. The fourth-order valence-electron chi connectivity index (χ4n) is 0.790. The maximum Gasteiger partial charge on any atom is 0.216 e. The van der Waals surface area contributed by atoms with Crippen molar-refractivity contribution >= 4 is 30.7 Å². The molecule has 1 amide bonds. The van der Waals surface area contributed by atoms with Crippen molar-refractivity contribution < 1.29 is 4.79 Å². The molecule has 1 fully saturated rings. The number of nitrogens with one attached hydrogen (secondary N) is 2. The normalized spacial score (nSPS) is 20.3. The van der Waals surface area contributed by atoms with Gasteiger partial charge in [0.05, 0.1) is 0 Å². The molecule has 0 spiro atoms. The second-order valence-electron chi connectivity index (χ2n) is 2.38. The summed E-state index contributed by atoms with van der Waals surface area (Å²) in [4.78, 5) is 10.3. The van der Waals surface area contributed by atoms with Crippen molar-refractivity contribution in [3.8, 4) is 0 Å². The van der Waals surface area contributed by atoms with E-state index in [2.05, 4.69) is 10.6 Å². The van der Waals surface area contributed by atoms with Gasteiger partial charge in [0.25, 0.3) is 0 Å². The van der Waals surface area contributed by atoms with E-state index in [0.29, 0.717) is 6.04 Å². The number of hydrogen-bond donors (Lipinski definition) is 2.